The van der Waals surface area contributed by atoms with Crippen LogP contribution in [0.4, 0.5) is 0 Å². The molecule has 0 spiro atoms. The molecule has 1 fully saturated rings. The Morgan fingerprint density at radius 2 is 1.30 bits per heavy atom. The first-order valence-corrected chi connectivity index (χ1v) is 6.80. The molecular weight excluding hydrogens is 255 g/mol. The molecule has 0 amide bonds. The van der Waals surface area contributed by atoms with Crippen molar-refractivity contribution in [1.82, 2.24) is 0 Å². The lowest BCUT2D eigenvalue weighted by Crippen LogP contribution is -2.41. The van der Waals surface area contributed by atoms with E-state index in [0.717, 1.165) is 22.5 Å². The normalized spacial score (nSPS) is 20.1. The lowest BCUT2D eigenvalue weighted by Gasteiger charge is -2.32. The Kier molecular flexibility index (Phi) is 3.78. The zero-order valence-corrected chi connectivity index (χ0v) is 13.4. The molecule has 0 bridgehead atoms. The van der Waals surface area contributed by atoms with Crippen molar-refractivity contribution in [2.75, 3.05) is 14.2 Å². The fourth-order valence-corrected chi connectivity index (χ4v) is 2.22. The summed E-state index contributed by atoms with van der Waals surface area (Å²) in [6.07, 6.45) is 0. The van der Waals surface area contributed by atoms with E-state index < -0.39 is 7.12 Å². The van der Waals surface area contributed by atoms with Crippen LogP contribution in [-0.2, 0) is 9.31 Å². The standard InChI is InChI=1S/C15H23BO4/c1-10-12(17-6)8-11(9-13(10)18-7)16-19-14(2,3)15(4,5)20-16/h8-9H,1-7H3. The SMILES string of the molecule is COc1cc(B2OC(C)(C)C(C)(C)O2)cc(OC)c1C. The van der Waals surface area contributed by atoms with Crippen LogP contribution in [0, 0.1) is 6.92 Å². The zero-order valence-electron chi connectivity index (χ0n) is 13.4. The number of hydrogen-bond donors (Lipinski definition) is 0. The van der Waals surface area contributed by atoms with Gasteiger partial charge in [-0.1, -0.05) is 0 Å². The lowest BCUT2D eigenvalue weighted by atomic mass is 9.78. The second-order valence-electron chi connectivity index (χ2n) is 6.14. The highest BCUT2D eigenvalue weighted by molar-refractivity contribution is 6.62. The molecule has 0 N–H and O–H groups in total. The van der Waals surface area contributed by atoms with Crippen LogP contribution in [0.5, 0.6) is 11.5 Å². The molecule has 0 aliphatic carbocycles. The minimum Gasteiger partial charge on any atom is -0.496 e. The Balaban J connectivity index is 2.40. The van der Waals surface area contributed by atoms with E-state index in [1.807, 2.05) is 46.8 Å². The number of rotatable bonds is 3. The number of methoxy groups -OCH3 is 2. The van der Waals surface area contributed by atoms with Gasteiger partial charge in [0, 0.05) is 5.56 Å². The van der Waals surface area contributed by atoms with Crippen LogP contribution >= 0.6 is 0 Å². The molecule has 0 radical (unpaired) electrons. The van der Waals surface area contributed by atoms with Crippen LogP contribution in [0.15, 0.2) is 12.1 Å². The molecule has 1 aromatic rings. The second kappa shape index (κ2) is 4.97. The van der Waals surface area contributed by atoms with Crippen LogP contribution in [0.25, 0.3) is 0 Å². The summed E-state index contributed by atoms with van der Waals surface area (Å²) in [5.41, 5.74) is 1.16. The predicted octanol–water partition coefficient (Wildman–Crippen LogP) is 2.31. The first-order valence-electron chi connectivity index (χ1n) is 6.80. The summed E-state index contributed by atoms with van der Waals surface area (Å²) in [6.45, 7) is 10.1. The van der Waals surface area contributed by atoms with Crippen molar-refractivity contribution >= 4 is 12.6 Å². The maximum absolute atomic E-state index is 6.06. The Labute approximate surface area is 121 Å². The third-order valence-electron chi connectivity index (χ3n) is 4.30. The van der Waals surface area contributed by atoms with E-state index in [2.05, 4.69) is 0 Å². The van der Waals surface area contributed by atoms with Gasteiger partial charge in [0.05, 0.1) is 25.4 Å². The number of hydrogen-bond acceptors (Lipinski definition) is 4. The second-order valence-corrected chi connectivity index (χ2v) is 6.14. The van der Waals surface area contributed by atoms with Crippen molar-refractivity contribution in [1.29, 1.82) is 0 Å². The molecule has 1 aliphatic rings. The Morgan fingerprint density at radius 1 is 0.900 bits per heavy atom. The first-order chi connectivity index (χ1) is 9.21. The van der Waals surface area contributed by atoms with Gasteiger partial charge in [-0.15, -0.1) is 0 Å². The van der Waals surface area contributed by atoms with Crippen molar-refractivity contribution in [2.45, 2.75) is 45.8 Å². The number of benzene rings is 1. The van der Waals surface area contributed by atoms with Crippen molar-refractivity contribution < 1.29 is 18.8 Å². The van der Waals surface area contributed by atoms with Crippen molar-refractivity contribution in [2.24, 2.45) is 0 Å². The molecule has 5 heteroatoms. The predicted molar refractivity (Wildman–Crippen MR) is 80.0 cm³/mol. The average molecular weight is 278 g/mol. The van der Waals surface area contributed by atoms with Gasteiger partial charge in [0.25, 0.3) is 0 Å². The van der Waals surface area contributed by atoms with Gasteiger partial charge in [-0.25, -0.2) is 0 Å². The van der Waals surface area contributed by atoms with Gasteiger partial charge in [-0.3, -0.25) is 0 Å². The van der Waals surface area contributed by atoms with E-state index in [1.54, 1.807) is 14.2 Å². The summed E-state index contributed by atoms with van der Waals surface area (Å²) in [5.74, 6) is 1.54. The van der Waals surface area contributed by atoms with Crippen molar-refractivity contribution in [3.05, 3.63) is 17.7 Å². The summed E-state index contributed by atoms with van der Waals surface area (Å²) in [5, 5.41) is 0. The topological polar surface area (TPSA) is 36.9 Å². The molecule has 4 nitrogen and oxygen atoms in total. The van der Waals surface area contributed by atoms with E-state index >= 15 is 0 Å². The Bertz CT molecular complexity index is 470. The van der Waals surface area contributed by atoms with Crippen LogP contribution in [0.3, 0.4) is 0 Å². The highest BCUT2D eigenvalue weighted by Crippen LogP contribution is 2.37. The molecule has 20 heavy (non-hydrogen) atoms. The third kappa shape index (κ3) is 2.40. The zero-order chi connectivity index (χ0) is 15.1. The molecule has 2 rings (SSSR count). The molecule has 110 valence electrons. The summed E-state index contributed by atoms with van der Waals surface area (Å²) in [6, 6.07) is 3.89. The smallest absolute Gasteiger partial charge is 0.495 e. The van der Waals surface area contributed by atoms with E-state index in [4.69, 9.17) is 18.8 Å². The summed E-state index contributed by atoms with van der Waals surface area (Å²) < 4.78 is 22.9. The average Bonchev–Trinajstić information content (AvgIpc) is 2.58. The van der Waals surface area contributed by atoms with Crippen LogP contribution in [0.2, 0.25) is 0 Å². The molecule has 1 saturated heterocycles. The molecule has 0 aromatic heterocycles. The van der Waals surface area contributed by atoms with Gasteiger partial charge in [-0.2, -0.15) is 0 Å². The summed E-state index contributed by atoms with van der Waals surface area (Å²) in [7, 11) is 2.88. The third-order valence-corrected chi connectivity index (χ3v) is 4.30. The maximum Gasteiger partial charge on any atom is 0.495 e. The van der Waals surface area contributed by atoms with Gasteiger partial charge in [0.1, 0.15) is 11.5 Å². The van der Waals surface area contributed by atoms with Crippen LogP contribution in [0.1, 0.15) is 33.3 Å². The molecule has 0 atom stereocenters. The van der Waals surface area contributed by atoms with Crippen molar-refractivity contribution in [3.8, 4) is 11.5 Å². The largest absolute Gasteiger partial charge is 0.496 e. The highest BCUT2D eigenvalue weighted by atomic mass is 16.7. The van der Waals surface area contributed by atoms with Gasteiger partial charge in [-0.05, 0) is 52.2 Å². The Morgan fingerprint density at radius 3 is 1.65 bits per heavy atom. The molecule has 0 unspecified atom stereocenters. The van der Waals surface area contributed by atoms with Crippen LogP contribution in [-0.4, -0.2) is 32.5 Å². The number of ether oxygens (including phenoxy) is 2. The minimum atomic E-state index is -0.414. The minimum absolute atomic E-state index is 0.358. The van der Waals surface area contributed by atoms with Gasteiger partial charge in [0.15, 0.2) is 0 Å². The summed E-state index contributed by atoms with van der Waals surface area (Å²) in [4.78, 5) is 0. The maximum atomic E-state index is 6.06. The van der Waals surface area contributed by atoms with Gasteiger partial charge < -0.3 is 18.8 Å². The quantitative estimate of drug-likeness (QED) is 0.795. The molecule has 1 aliphatic heterocycles. The first kappa shape index (κ1) is 15.2. The van der Waals surface area contributed by atoms with E-state index in [1.165, 1.54) is 0 Å². The van der Waals surface area contributed by atoms with Crippen LogP contribution < -0.4 is 14.9 Å². The Hall–Kier alpha value is -1.20. The van der Waals surface area contributed by atoms with E-state index in [9.17, 15) is 0 Å². The summed E-state index contributed by atoms with van der Waals surface area (Å²) >= 11 is 0. The fourth-order valence-electron chi connectivity index (χ4n) is 2.22. The van der Waals surface area contributed by atoms with Gasteiger partial charge in [0.2, 0.25) is 0 Å². The lowest BCUT2D eigenvalue weighted by molar-refractivity contribution is 0.00578. The van der Waals surface area contributed by atoms with E-state index in [-0.39, 0.29) is 11.2 Å². The molecule has 1 heterocycles. The molecule has 0 saturated carbocycles. The highest BCUT2D eigenvalue weighted by Gasteiger charge is 2.51. The van der Waals surface area contributed by atoms with Gasteiger partial charge >= 0.3 is 7.12 Å². The molecule has 1 aromatic carbocycles. The monoisotopic (exact) mass is 278 g/mol. The fraction of sp³-hybridized carbons (Fsp3) is 0.600. The van der Waals surface area contributed by atoms with E-state index in [0.29, 0.717) is 0 Å². The van der Waals surface area contributed by atoms with Crippen molar-refractivity contribution in [3.63, 3.8) is 0 Å². The molecular formula is C15H23BO4.